The van der Waals surface area contributed by atoms with Crippen molar-refractivity contribution in [1.29, 1.82) is 0 Å². The monoisotopic (exact) mass is 365 g/mol. The number of rotatable bonds is 5. The maximum Gasteiger partial charge on any atom is 0.254 e. The van der Waals surface area contributed by atoms with Crippen molar-refractivity contribution in [3.05, 3.63) is 70.6 Å². The third-order valence-electron chi connectivity index (χ3n) is 4.50. The van der Waals surface area contributed by atoms with Gasteiger partial charge >= 0.3 is 0 Å². The predicted molar refractivity (Wildman–Crippen MR) is 106 cm³/mol. The molecule has 2 aromatic heterocycles. The number of aryl methyl sites for hydroxylation is 2. The molecule has 4 nitrogen and oxygen atoms in total. The van der Waals surface area contributed by atoms with Gasteiger partial charge in [0.15, 0.2) is 0 Å². The Morgan fingerprint density at radius 3 is 2.42 bits per heavy atom. The summed E-state index contributed by atoms with van der Waals surface area (Å²) in [5.74, 6) is 0.00580. The normalized spacial score (nSPS) is 12.0. The fourth-order valence-electron chi connectivity index (χ4n) is 3.16. The van der Waals surface area contributed by atoms with Crippen LogP contribution < -0.4 is 0 Å². The molecule has 0 aliphatic rings. The summed E-state index contributed by atoms with van der Waals surface area (Å²) in [4.78, 5) is 24.8. The zero-order chi connectivity index (χ0) is 18.7. The zero-order valence-electron chi connectivity index (χ0n) is 15.6. The van der Waals surface area contributed by atoms with Crippen LogP contribution >= 0.6 is 11.3 Å². The van der Waals surface area contributed by atoms with E-state index in [-0.39, 0.29) is 11.9 Å². The fourth-order valence-corrected chi connectivity index (χ4v) is 4.09. The minimum Gasteiger partial charge on any atom is -0.333 e. The first kappa shape index (κ1) is 18.3. The van der Waals surface area contributed by atoms with Crippen LogP contribution in [-0.4, -0.2) is 27.8 Å². The van der Waals surface area contributed by atoms with E-state index in [4.69, 9.17) is 0 Å². The molecule has 26 heavy (non-hydrogen) atoms. The van der Waals surface area contributed by atoms with Crippen LogP contribution in [0.3, 0.4) is 0 Å². The maximum atomic E-state index is 12.9. The Balaban J connectivity index is 1.82. The van der Waals surface area contributed by atoms with Crippen LogP contribution in [0.5, 0.6) is 0 Å². The quantitative estimate of drug-likeness (QED) is 0.636. The molecule has 0 aliphatic carbocycles. The molecule has 3 aromatic rings. The highest BCUT2D eigenvalue weighted by atomic mass is 32.1. The molecule has 0 fully saturated rings. The van der Waals surface area contributed by atoms with Gasteiger partial charge in [-0.05, 0) is 50.1 Å². The van der Waals surface area contributed by atoms with Crippen LogP contribution in [0, 0.1) is 13.8 Å². The second-order valence-corrected chi connectivity index (χ2v) is 7.52. The number of hydrogen-bond donors (Lipinski definition) is 0. The van der Waals surface area contributed by atoms with Gasteiger partial charge in [0, 0.05) is 18.8 Å². The minimum absolute atomic E-state index is 0.00580. The second-order valence-electron chi connectivity index (χ2n) is 6.32. The highest BCUT2D eigenvalue weighted by molar-refractivity contribution is 7.15. The Bertz CT molecular complexity index is 887. The standard InChI is InChI=1S/C21H23N3OS/c1-5-19(18-8-6-7-13-22-18)24(4)21(25)17-11-9-16(10-12-17)20-14(2)23-15(3)26-20/h6-13,19H,5H2,1-4H3/t19-/m0/s1. The van der Waals surface area contributed by atoms with Crippen LogP contribution in [0.1, 0.15) is 46.1 Å². The summed E-state index contributed by atoms with van der Waals surface area (Å²) in [5.41, 5.74) is 3.73. The van der Waals surface area contributed by atoms with Crippen LogP contribution in [0.15, 0.2) is 48.7 Å². The third kappa shape index (κ3) is 3.68. The molecule has 1 atom stereocenters. The van der Waals surface area contributed by atoms with Gasteiger partial charge in [0.05, 0.1) is 27.3 Å². The predicted octanol–water partition coefficient (Wildman–Crippen LogP) is 5.05. The number of carbonyl (C=O) groups excluding carboxylic acids is 1. The van der Waals surface area contributed by atoms with Gasteiger partial charge in [-0.2, -0.15) is 0 Å². The van der Waals surface area contributed by atoms with Crippen molar-refractivity contribution < 1.29 is 4.79 Å². The summed E-state index contributed by atoms with van der Waals surface area (Å²) in [6.45, 7) is 6.10. The van der Waals surface area contributed by atoms with E-state index < -0.39 is 0 Å². The van der Waals surface area contributed by atoms with Crippen molar-refractivity contribution in [3.63, 3.8) is 0 Å². The zero-order valence-corrected chi connectivity index (χ0v) is 16.4. The molecule has 1 amide bonds. The summed E-state index contributed by atoms with van der Waals surface area (Å²) in [5, 5.41) is 1.05. The fraction of sp³-hybridized carbons (Fsp3) is 0.286. The molecular weight excluding hydrogens is 342 g/mol. The Morgan fingerprint density at radius 2 is 1.88 bits per heavy atom. The third-order valence-corrected chi connectivity index (χ3v) is 5.62. The van der Waals surface area contributed by atoms with Crippen molar-refractivity contribution in [1.82, 2.24) is 14.9 Å². The molecule has 2 heterocycles. The largest absolute Gasteiger partial charge is 0.333 e. The number of benzene rings is 1. The number of pyridine rings is 1. The van der Waals surface area contributed by atoms with E-state index in [2.05, 4.69) is 16.9 Å². The van der Waals surface area contributed by atoms with Gasteiger partial charge in [-0.3, -0.25) is 9.78 Å². The van der Waals surface area contributed by atoms with E-state index >= 15 is 0 Å². The summed E-state index contributed by atoms with van der Waals surface area (Å²) < 4.78 is 0. The van der Waals surface area contributed by atoms with Crippen LogP contribution in [0.25, 0.3) is 10.4 Å². The van der Waals surface area contributed by atoms with Gasteiger partial charge < -0.3 is 4.90 Å². The number of aromatic nitrogens is 2. The SMILES string of the molecule is CC[C@@H](c1ccccn1)N(C)C(=O)c1ccc(-c2sc(C)nc2C)cc1. The first-order chi connectivity index (χ1) is 12.5. The molecule has 0 spiro atoms. The Labute approximate surface area is 158 Å². The van der Waals surface area contributed by atoms with Crippen LogP contribution in [0.4, 0.5) is 0 Å². The molecule has 0 bridgehead atoms. The highest BCUT2D eigenvalue weighted by Crippen LogP contribution is 2.30. The van der Waals surface area contributed by atoms with Gasteiger partial charge in [0.2, 0.25) is 0 Å². The van der Waals surface area contributed by atoms with Gasteiger partial charge in [0.1, 0.15) is 0 Å². The summed E-state index contributed by atoms with van der Waals surface area (Å²) >= 11 is 1.68. The van der Waals surface area contributed by atoms with Crippen molar-refractivity contribution in [2.75, 3.05) is 7.05 Å². The lowest BCUT2D eigenvalue weighted by atomic mass is 10.1. The molecule has 0 unspecified atom stereocenters. The first-order valence-electron chi connectivity index (χ1n) is 8.73. The lowest BCUT2D eigenvalue weighted by Gasteiger charge is -2.27. The molecule has 0 saturated heterocycles. The summed E-state index contributed by atoms with van der Waals surface area (Å²) in [7, 11) is 1.84. The topological polar surface area (TPSA) is 46.1 Å². The maximum absolute atomic E-state index is 12.9. The van der Waals surface area contributed by atoms with E-state index in [0.29, 0.717) is 5.56 Å². The minimum atomic E-state index is -0.0326. The van der Waals surface area contributed by atoms with Crippen LogP contribution in [0.2, 0.25) is 0 Å². The first-order valence-corrected chi connectivity index (χ1v) is 9.55. The van der Waals surface area contributed by atoms with E-state index in [9.17, 15) is 4.79 Å². The highest BCUT2D eigenvalue weighted by Gasteiger charge is 2.22. The Morgan fingerprint density at radius 1 is 1.15 bits per heavy atom. The van der Waals surface area contributed by atoms with Crippen molar-refractivity contribution in [2.24, 2.45) is 0 Å². The van der Waals surface area contributed by atoms with E-state index in [1.807, 2.05) is 63.4 Å². The van der Waals surface area contributed by atoms with Crippen LogP contribution in [-0.2, 0) is 0 Å². The number of thiazole rings is 1. The van der Waals surface area contributed by atoms with Crippen molar-refractivity contribution in [3.8, 4) is 10.4 Å². The Hall–Kier alpha value is -2.53. The van der Waals surface area contributed by atoms with Gasteiger partial charge in [-0.25, -0.2) is 4.98 Å². The molecule has 5 heteroatoms. The average molecular weight is 366 g/mol. The summed E-state index contributed by atoms with van der Waals surface area (Å²) in [6.07, 6.45) is 2.58. The Kier molecular flexibility index (Phi) is 5.47. The molecule has 0 radical (unpaired) electrons. The molecule has 3 rings (SSSR count). The van der Waals surface area contributed by atoms with Gasteiger partial charge in [-0.1, -0.05) is 25.1 Å². The van der Waals surface area contributed by atoms with Crippen molar-refractivity contribution >= 4 is 17.2 Å². The number of nitrogens with zero attached hydrogens (tertiary/aromatic N) is 3. The van der Waals surface area contributed by atoms with Gasteiger partial charge in [0.25, 0.3) is 5.91 Å². The molecular formula is C21H23N3OS. The lowest BCUT2D eigenvalue weighted by molar-refractivity contribution is 0.0723. The smallest absolute Gasteiger partial charge is 0.254 e. The number of carbonyl (C=O) groups is 1. The number of hydrogen-bond acceptors (Lipinski definition) is 4. The molecule has 134 valence electrons. The molecule has 1 aromatic carbocycles. The van der Waals surface area contributed by atoms with E-state index in [0.717, 1.165) is 33.3 Å². The van der Waals surface area contributed by atoms with Crippen molar-refractivity contribution in [2.45, 2.75) is 33.2 Å². The van der Waals surface area contributed by atoms with Gasteiger partial charge in [-0.15, -0.1) is 11.3 Å². The lowest BCUT2D eigenvalue weighted by Crippen LogP contribution is -2.31. The molecule has 0 N–H and O–H groups in total. The number of amides is 1. The summed E-state index contributed by atoms with van der Waals surface area (Å²) in [6, 6.07) is 13.6. The average Bonchev–Trinajstić information content (AvgIpc) is 3.01. The molecule has 0 saturated carbocycles. The second kappa shape index (κ2) is 7.79. The van der Waals surface area contributed by atoms with E-state index in [1.165, 1.54) is 0 Å². The van der Waals surface area contributed by atoms with E-state index in [1.54, 1.807) is 22.4 Å². The molecule has 0 aliphatic heterocycles.